The summed E-state index contributed by atoms with van der Waals surface area (Å²) in [7, 11) is 3.99. The van der Waals surface area contributed by atoms with Crippen LogP contribution in [0.3, 0.4) is 0 Å². The van der Waals surface area contributed by atoms with Crippen molar-refractivity contribution in [1.29, 1.82) is 0 Å². The van der Waals surface area contributed by atoms with Gasteiger partial charge in [0.05, 0.1) is 11.9 Å². The maximum atomic E-state index is 11.9. The summed E-state index contributed by atoms with van der Waals surface area (Å²) in [4.78, 5) is 14.0. The van der Waals surface area contributed by atoms with Gasteiger partial charge in [0.25, 0.3) is 5.56 Å². The molecule has 1 N–H and O–H groups in total. The molecule has 1 aromatic rings. The largest absolute Gasteiger partial charge is 0.379 e. The van der Waals surface area contributed by atoms with Crippen LogP contribution in [-0.4, -0.2) is 41.4 Å². The van der Waals surface area contributed by atoms with E-state index < -0.39 is 0 Å². The van der Waals surface area contributed by atoms with Gasteiger partial charge in [0, 0.05) is 12.6 Å². The zero-order valence-corrected chi connectivity index (χ0v) is 12.4. The maximum absolute atomic E-state index is 11.9. The first-order chi connectivity index (χ1) is 8.45. The molecule has 1 unspecified atom stereocenters. The smallest absolute Gasteiger partial charge is 0.284 e. The molecule has 0 saturated heterocycles. The number of likely N-dealkylation sites (N-methyl/N-ethyl adjacent to an activating group) is 1. The predicted molar refractivity (Wildman–Crippen MR) is 76.7 cm³/mol. The molecule has 6 heteroatoms. The Bertz CT molecular complexity index is 504. The second kappa shape index (κ2) is 6.57. The van der Waals surface area contributed by atoms with Crippen LogP contribution in [0.2, 0.25) is 0 Å². The summed E-state index contributed by atoms with van der Waals surface area (Å²) in [6.07, 6.45) is 6.77. The van der Waals surface area contributed by atoms with E-state index in [9.17, 15) is 4.79 Å². The minimum absolute atomic E-state index is 0.172. The Morgan fingerprint density at radius 2 is 2.33 bits per heavy atom. The van der Waals surface area contributed by atoms with E-state index in [1.54, 1.807) is 6.20 Å². The molecule has 0 aromatic carbocycles. The summed E-state index contributed by atoms with van der Waals surface area (Å²) in [5.74, 6) is 2.39. The van der Waals surface area contributed by atoms with Crippen LogP contribution in [-0.2, 0) is 6.54 Å². The Labute approximate surface area is 115 Å². The maximum Gasteiger partial charge on any atom is 0.284 e. The van der Waals surface area contributed by atoms with Crippen molar-refractivity contribution in [3.63, 3.8) is 0 Å². The van der Waals surface area contributed by atoms with Gasteiger partial charge in [-0.3, -0.25) is 4.79 Å². The van der Waals surface area contributed by atoms with Crippen LogP contribution in [0.5, 0.6) is 0 Å². The van der Waals surface area contributed by atoms with Crippen LogP contribution in [0, 0.1) is 12.3 Å². The Hall–Kier alpha value is -1.32. The molecule has 0 saturated carbocycles. The van der Waals surface area contributed by atoms with E-state index >= 15 is 0 Å². The van der Waals surface area contributed by atoms with Crippen LogP contribution < -0.4 is 10.9 Å². The van der Waals surface area contributed by atoms with E-state index in [0.29, 0.717) is 10.2 Å². The normalized spacial score (nSPS) is 12.2. The van der Waals surface area contributed by atoms with Crippen molar-refractivity contribution in [1.82, 2.24) is 14.7 Å². The minimum atomic E-state index is -0.227. The molecule has 1 rings (SSSR count). The van der Waals surface area contributed by atoms with Gasteiger partial charge in [0.15, 0.2) is 0 Å². The van der Waals surface area contributed by atoms with E-state index in [-0.39, 0.29) is 18.1 Å². The highest BCUT2D eigenvalue weighted by Gasteiger charge is 2.11. The van der Waals surface area contributed by atoms with E-state index in [4.69, 9.17) is 6.42 Å². The average molecular weight is 313 g/mol. The Kier molecular flexibility index (Phi) is 5.38. The van der Waals surface area contributed by atoms with Crippen LogP contribution in [0.15, 0.2) is 15.5 Å². The van der Waals surface area contributed by atoms with Gasteiger partial charge in [-0.1, -0.05) is 5.92 Å². The minimum Gasteiger partial charge on any atom is -0.379 e. The van der Waals surface area contributed by atoms with Crippen LogP contribution in [0.4, 0.5) is 5.69 Å². The molecule has 1 heterocycles. The van der Waals surface area contributed by atoms with Gasteiger partial charge in [-0.2, -0.15) is 5.10 Å². The molecule has 0 fully saturated rings. The average Bonchev–Trinajstić information content (AvgIpc) is 2.28. The van der Waals surface area contributed by atoms with Gasteiger partial charge in [-0.25, -0.2) is 4.68 Å². The zero-order chi connectivity index (χ0) is 13.7. The number of aromatic nitrogens is 2. The molecule has 0 amide bonds. The van der Waals surface area contributed by atoms with E-state index in [1.165, 1.54) is 4.68 Å². The van der Waals surface area contributed by atoms with Crippen molar-refractivity contribution in [3.05, 3.63) is 21.0 Å². The third-order valence-electron chi connectivity index (χ3n) is 2.27. The zero-order valence-electron chi connectivity index (χ0n) is 10.8. The quantitative estimate of drug-likeness (QED) is 0.824. The summed E-state index contributed by atoms with van der Waals surface area (Å²) in [6, 6.07) is 0.209. The second-order valence-corrected chi connectivity index (χ2v) is 5.14. The highest BCUT2D eigenvalue weighted by molar-refractivity contribution is 9.10. The SMILES string of the molecule is C#CCn1ncc(NC(C)CN(C)C)c(Br)c1=O. The molecule has 0 aliphatic carbocycles. The van der Waals surface area contributed by atoms with Gasteiger partial charge in [-0.15, -0.1) is 6.42 Å². The molecule has 0 spiro atoms. The lowest BCUT2D eigenvalue weighted by Crippen LogP contribution is -2.31. The molecular weight excluding hydrogens is 296 g/mol. The lowest BCUT2D eigenvalue weighted by Gasteiger charge is -2.19. The number of halogens is 1. The first-order valence-electron chi connectivity index (χ1n) is 5.56. The van der Waals surface area contributed by atoms with E-state index in [1.807, 2.05) is 21.0 Å². The third-order valence-corrected chi connectivity index (χ3v) is 3.03. The van der Waals surface area contributed by atoms with Gasteiger partial charge in [-0.05, 0) is 36.9 Å². The number of hydrogen-bond acceptors (Lipinski definition) is 4. The topological polar surface area (TPSA) is 50.2 Å². The molecule has 0 aliphatic rings. The van der Waals surface area contributed by atoms with Crippen LogP contribution in [0.25, 0.3) is 0 Å². The monoisotopic (exact) mass is 312 g/mol. The number of nitrogens with zero attached hydrogens (tertiary/aromatic N) is 3. The Balaban J connectivity index is 2.89. The van der Waals surface area contributed by atoms with Crippen molar-refractivity contribution in [2.45, 2.75) is 19.5 Å². The highest BCUT2D eigenvalue weighted by atomic mass is 79.9. The van der Waals surface area contributed by atoms with Crippen molar-refractivity contribution < 1.29 is 0 Å². The van der Waals surface area contributed by atoms with Crippen LogP contribution in [0.1, 0.15) is 6.92 Å². The number of nitrogens with one attached hydrogen (secondary N) is 1. The fourth-order valence-electron chi connectivity index (χ4n) is 1.62. The molecule has 0 aliphatic heterocycles. The van der Waals surface area contributed by atoms with E-state index in [0.717, 1.165) is 6.54 Å². The van der Waals surface area contributed by atoms with Crippen molar-refractivity contribution in [2.75, 3.05) is 26.0 Å². The summed E-state index contributed by atoms with van der Waals surface area (Å²) in [5.41, 5.74) is 0.456. The molecular formula is C12H17BrN4O. The van der Waals surface area contributed by atoms with Crippen LogP contribution >= 0.6 is 15.9 Å². The van der Waals surface area contributed by atoms with Gasteiger partial charge < -0.3 is 10.2 Å². The van der Waals surface area contributed by atoms with Gasteiger partial charge >= 0.3 is 0 Å². The summed E-state index contributed by atoms with van der Waals surface area (Å²) in [6.45, 7) is 3.07. The Morgan fingerprint density at radius 1 is 1.67 bits per heavy atom. The van der Waals surface area contributed by atoms with Crippen molar-refractivity contribution in [3.8, 4) is 12.3 Å². The Morgan fingerprint density at radius 3 is 2.89 bits per heavy atom. The second-order valence-electron chi connectivity index (χ2n) is 4.35. The first-order valence-corrected chi connectivity index (χ1v) is 6.35. The highest BCUT2D eigenvalue weighted by Crippen LogP contribution is 2.17. The number of anilines is 1. The third kappa shape index (κ3) is 3.86. The molecule has 1 atom stereocenters. The molecule has 98 valence electrons. The molecule has 0 bridgehead atoms. The molecule has 5 nitrogen and oxygen atoms in total. The van der Waals surface area contributed by atoms with Gasteiger partial charge in [0.1, 0.15) is 11.0 Å². The fourth-order valence-corrected chi connectivity index (χ4v) is 2.05. The van der Waals surface area contributed by atoms with Crippen molar-refractivity contribution in [2.24, 2.45) is 0 Å². The lowest BCUT2D eigenvalue weighted by molar-refractivity contribution is 0.392. The lowest BCUT2D eigenvalue weighted by atomic mass is 10.3. The number of rotatable bonds is 5. The molecule has 0 radical (unpaired) electrons. The predicted octanol–water partition coefficient (Wildman–Crippen LogP) is 1.00. The summed E-state index contributed by atoms with van der Waals surface area (Å²) >= 11 is 3.28. The number of hydrogen-bond donors (Lipinski definition) is 1. The molecule has 18 heavy (non-hydrogen) atoms. The molecule has 1 aromatic heterocycles. The summed E-state index contributed by atoms with van der Waals surface area (Å²) < 4.78 is 1.70. The first kappa shape index (κ1) is 14.7. The fraction of sp³-hybridized carbons (Fsp3) is 0.500. The number of terminal acetylenes is 1. The van der Waals surface area contributed by atoms with Gasteiger partial charge in [0.2, 0.25) is 0 Å². The standard InChI is InChI=1S/C12H17BrN4O/c1-5-6-17-12(18)11(13)10(7-14-17)15-9(2)8-16(3)4/h1,7,9,15H,6,8H2,2-4H3. The summed E-state index contributed by atoms with van der Waals surface area (Å²) in [5, 5.41) is 7.25. The van der Waals surface area contributed by atoms with E-state index in [2.05, 4.69) is 37.2 Å². The van der Waals surface area contributed by atoms with Crippen molar-refractivity contribution >= 4 is 21.6 Å².